The third-order valence-electron chi connectivity index (χ3n) is 3.26. The van der Waals surface area contributed by atoms with Crippen LogP contribution in [-0.2, 0) is 6.42 Å². The lowest BCUT2D eigenvalue weighted by Gasteiger charge is -2.19. The predicted molar refractivity (Wildman–Crippen MR) is 82.5 cm³/mol. The van der Waals surface area contributed by atoms with Crippen LogP contribution in [0.4, 0.5) is 4.39 Å². The molecule has 0 fully saturated rings. The molecule has 2 aromatic rings. The minimum atomic E-state index is -0.522. The van der Waals surface area contributed by atoms with Crippen molar-refractivity contribution in [1.82, 2.24) is 9.88 Å². The molecule has 0 N–H and O–H groups in total. The fourth-order valence-corrected chi connectivity index (χ4v) is 2.10. The van der Waals surface area contributed by atoms with Gasteiger partial charge in [0.05, 0.1) is 12.2 Å². The Kier molecular flexibility index (Phi) is 5.47. The Labute approximate surface area is 129 Å². The van der Waals surface area contributed by atoms with Gasteiger partial charge in [-0.15, -0.1) is 0 Å². The fraction of sp³-hybridized carbons (Fsp3) is 0.294. The van der Waals surface area contributed by atoms with E-state index in [9.17, 15) is 9.18 Å². The van der Waals surface area contributed by atoms with Crippen molar-refractivity contribution in [1.29, 1.82) is 0 Å². The average Bonchev–Trinajstić information content (AvgIpc) is 2.55. The van der Waals surface area contributed by atoms with E-state index in [2.05, 4.69) is 4.98 Å². The fourth-order valence-electron chi connectivity index (χ4n) is 2.10. The monoisotopic (exact) mass is 302 g/mol. The first kappa shape index (κ1) is 15.9. The summed E-state index contributed by atoms with van der Waals surface area (Å²) < 4.78 is 19.1. The molecule has 0 bridgehead atoms. The topological polar surface area (TPSA) is 42.4 Å². The molecule has 0 aliphatic carbocycles. The first-order valence-corrected chi connectivity index (χ1v) is 7.20. The van der Waals surface area contributed by atoms with Crippen molar-refractivity contribution in [3.05, 3.63) is 59.7 Å². The maximum Gasteiger partial charge on any atom is 0.257 e. The summed E-state index contributed by atoms with van der Waals surface area (Å²) in [4.78, 5) is 18.2. The number of benzene rings is 1. The number of ether oxygens (including phenoxy) is 1. The quantitative estimate of drug-likeness (QED) is 0.824. The molecule has 0 atom stereocenters. The van der Waals surface area contributed by atoms with Gasteiger partial charge in [-0.05, 0) is 31.2 Å². The summed E-state index contributed by atoms with van der Waals surface area (Å²) in [6.07, 6.45) is 2.36. The number of para-hydroxylation sites is 1. The van der Waals surface area contributed by atoms with Gasteiger partial charge in [-0.2, -0.15) is 0 Å². The van der Waals surface area contributed by atoms with Crippen LogP contribution < -0.4 is 4.74 Å². The van der Waals surface area contributed by atoms with E-state index < -0.39 is 5.82 Å². The van der Waals surface area contributed by atoms with E-state index >= 15 is 0 Å². The lowest BCUT2D eigenvalue weighted by molar-refractivity contribution is 0.0791. The Morgan fingerprint density at radius 3 is 2.77 bits per heavy atom. The van der Waals surface area contributed by atoms with Crippen LogP contribution in [0.25, 0.3) is 0 Å². The Hall–Kier alpha value is -2.43. The van der Waals surface area contributed by atoms with Crippen molar-refractivity contribution in [3.8, 4) is 5.75 Å². The maximum atomic E-state index is 13.8. The smallest absolute Gasteiger partial charge is 0.257 e. The molecule has 0 radical (unpaired) electrons. The summed E-state index contributed by atoms with van der Waals surface area (Å²) in [7, 11) is 1.69. The summed E-state index contributed by atoms with van der Waals surface area (Å²) in [6, 6.07) is 10.0. The van der Waals surface area contributed by atoms with Gasteiger partial charge in [0.1, 0.15) is 0 Å². The zero-order chi connectivity index (χ0) is 15.9. The van der Waals surface area contributed by atoms with E-state index in [-0.39, 0.29) is 17.2 Å². The number of hydrogen-bond donors (Lipinski definition) is 0. The minimum absolute atomic E-state index is 0.0136. The molecule has 1 amide bonds. The Bertz CT molecular complexity index is 632. The van der Waals surface area contributed by atoms with Gasteiger partial charge in [-0.3, -0.25) is 9.78 Å². The molecule has 0 aliphatic rings. The first-order valence-electron chi connectivity index (χ1n) is 7.20. The number of carbonyl (C=O) groups excluding carboxylic acids is 1. The van der Waals surface area contributed by atoms with Gasteiger partial charge in [0.2, 0.25) is 0 Å². The molecule has 0 unspecified atom stereocenters. The number of rotatable bonds is 6. The van der Waals surface area contributed by atoms with Crippen molar-refractivity contribution in [2.45, 2.75) is 13.3 Å². The van der Waals surface area contributed by atoms with E-state index in [1.165, 1.54) is 12.1 Å². The second-order valence-corrected chi connectivity index (χ2v) is 4.85. The molecular weight excluding hydrogens is 283 g/mol. The third-order valence-corrected chi connectivity index (χ3v) is 3.26. The summed E-state index contributed by atoms with van der Waals surface area (Å²) in [5, 5.41) is 0. The predicted octanol–water partition coefficient (Wildman–Crippen LogP) is 2.93. The second-order valence-electron chi connectivity index (χ2n) is 4.85. The van der Waals surface area contributed by atoms with Crippen LogP contribution in [0.1, 0.15) is 23.0 Å². The normalized spacial score (nSPS) is 10.3. The lowest BCUT2D eigenvalue weighted by atomic mass is 10.1. The number of pyridine rings is 1. The molecule has 0 saturated heterocycles. The molecule has 2 rings (SSSR count). The number of nitrogens with zero attached hydrogens (tertiary/aromatic N) is 2. The molecule has 5 heteroatoms. The summed E-state index contributed by atoms with van der Waals surface area (Å²) in [5.41, 5.74) is 1.15. The zero-order valence-electron chi connectivity index (χ0n) is 12.8. The van der Waals surface area contributed by atoms with Crippen LogP contribution >= 0.6 is 0 Å². The largest absolute Gasteiger partial charge is 0.490 e. The van der Waals surface area contributed by atoms with Crippen molar-refractivity contribution in [3.63, 3.8) is 0 Å². The van der Waals surface area contributed by atoms with Crippen molar-refractivity contribution >= 4 is 5.91 Å². The van der Waals surface area contributed by atoms with Gasteiger partial charge in [0, 0.05) is 31.9 Å². The average molecular weight is 302 g/mol. The third kappa shape index (κ3) is 3.81. The number of carbonyl (C=O) groups is 1. The molecular formula is C17H19FN2O2. The van der Waals surface area contributed by atoms with Gasteiger partial charge in [-0.1, -0.05) is 12.1 Å². The van der Waals surface area contributed by atoms with E-state index in [1.54, 1.807) is 31.1 Å². The van der Waals surface area contributed by atoms with Crippen LogP contribution in [0.3, 0.4) is 0 Å². The molecule has 22 heavy (non-hydrogen) atoms. The van der Waals surface area contributed by atoms with E-state index in [1.807, 2.05) is 18.2 Å². The number of halogens is 1. The molecule has 1 aromatic heterocycles. The lowest BCUT2D eigenvalue weighted by Crippen LogP contribution is -2.29. The van der Waals surface area contributed by atoms with Crippen LogP contribution in [-0.4, -0.2) is 36.0 Å². The van der Waals surface area contributed by atoms with Crippen LogP contribution in [0, 0.1) is 5.82 Å². The van der Waals surface area contributed by atoms with Gasteiger partial charge < -0.3 is 9.64 Å². The first-order chi connectivity index (χ1) is 10.6. The summed E-state index contributed by atoms with van der Waals surface area (Å²) in [5.74, 6) is -0.774. The highest BCUT2D eigenvalue weighted by molar-refractivity contribution is 5.96. The molecule has 0 spiro atoms. The highest BCUT2D eigenvalue weighted by atomic mass is 19.1. The maximum absolute atomic E-state index is 13.8. The zero-order valence-corrected chi connectivity index (χ0v) is 12.8. The SMILES string of the molecule is CCOc1c(F)cccc1C(=O)N(C)CCc1ccccn1. The second kappa shape index (κ2) is 7.54. The number of hydrogen-bond acceptors (Lipinski definition) is 3. The van der Waals surface area contributed by atoms with Crippen molar-refractivity contribution in [2.24, 2.45) is 0 Å². The van der Waals surface area contributed by atoms with E-state index in [4.69, 9.17) is 4.74 Å². The number of likely N-dealkylation sites (N-methyl/N-ethyl adjacent to an activating group) is 1. The number of aromatic nitrogens is 1. The molecule has 4 nitrogen and oxygen atoms in total. The molecule has 0 aliphatic heterocycles. The molecule has 1 heterocycles. The molecule has 0 saturated carbocycles. The van der Waals surface area contributed by atoms with Crippen molar-refractivity contribution < 1.29 is 13.9 Å². The Morgan fingerprint density at radius 2 is 2.09 bits per heavy atom. The Morgan fingerprint density at radius 1 is 1.27 bits per heavy atom. The van der Waals surface area contributed by atoms with Gasteiger partial charge in [0.25, 0.3) is 5.91 Å². The van der Waals surface area contributed by atoms with Crippen LogP contribution in [0.5, 0.6) is 5.75 Å². The van der Waals surface area contributed by atoms with E-state index in [0.717, 1.165) is 5.69 Å². The van der Waals surface area contributed by atoms with Gasteiger partial charge in [0.15, 0.2) is 11.6 Å². The van der Waals surface area contributed by atoms with E-state index in [0.29, 0.717) is 19.6 Å². The van der Waals surface area contributed by atoms with Crippen LogP contribution in [0.15, 0.2) is 42.6 Å². The molecule has 116 valence electrons. The Balaban J connectivity index is 2.09. The highest BCUT2D eigenvalue weighted by Gasteiger charge is 2.19. The van der Waals surface area contributed by atoms with Crippen molar-refractivity contribution in [2.75, 3.05) is 20.2 Å². The van der Waals surface area contributed by atoms with Gasteiger partial charge >= 0.3 is 0 Å². The highest BCUT2D eigenvalue weighted by Crippen LogP contribution is 2.24. The minimum Gasteiger partial charge on any atom is -0.490 e. The standard InChI is InChI=1S/C17H19FN2O2/c1-3-22-16-14(8-6-9-15(16)18)17(21)20(2)12-10-13-7-4-5-11-19-13/h4-9,11H,3,10,12H2,1-2H3. The summed E-state index contributed by atoms with van der Waals surface area (Å²) in [6.45, 7) is 2.56. The summed E-state index contributed by atoms with van der Waals surface area (Å²) >= 11 is 0. The molecule has 1 aromatic carbocycles. The van der Waals surface area contributed by atoms with Crippen LogP contribution in [0.2, 0.25) is 0 Å². The van der Waals surface area contributed by atoms with Gasteiger partial charge in [-0.25, -0.2) is 4.39 Å². The number of amides is 1.